The summed E-state index contributed by atoms with van der Waals surface area (Å²) in [6.07, 6.45) is 1.28. The molecule has 2 aromatic heterocycles. The van der Waals surface area contributed by atoms with E-state index >= 15 is 0 Å². The number of aromatic amines is 1. The molecule has 0 unspecified atom stereocenters. The van der Waals surface area contributed by atoms with E-state index in [0.717, 1.165) is 6.20 Å². The number of carboxylic acids is 1. The van der Waals surface area contributed by atoms with Crippen molar-refractivity contribution in [2.24, 2.45) is 0 Å². The van der Waals surface area contributed by atoms with Gasteiger partial charge in [-0.05, 0) is 6.42 Å². The number of rotatable bonds is 4. The molecule has 0 saturated heterocycles. The third-order valence-electron chi connectivity index (χ3n) is 2.68. The first-order valence-electron chi connectivity index (χ1n) is 5.98. The molecule has 110 valence electrons. The minimum absolute atomic E-state index is 0.0639. The number of fused-ring (bicyclic) bond motifs is 1. The van der Waals surface area contributed by atoms with Crippen molar-refractivity contribution in [3.63, 3.8) is 0 Å². The Kier molecular flexibility index (Phi) is 3.78. The van der Waals surface area contributed by atoms with Crippen LogP contribution in [-0.2, 0) is 4.79 Å². The van der Waals surface area contributed by atoms with Gasteiger partial charge in [-0.15, -0.1) is 0 Å². The molecule has 0 radical (unpaired) electrons. The second-order valence-corrected chi connectivity index (χ2v) is 4.15. The minimum Gasteiger partial charge on any atom is -0.480 e. The van der Waals surface area contributed by atoms with Gasteiger partial charge in [0.25, 0.3) is 11.5 Å². The lowest BCUT2D eigenvalue weighted by molar-refractivity contribution is -0.139. The van der Waals surface area contributed by atoms with E-state index in [4.69, 9.17) is 10.8 Å². The molecule has 1 amide bonds. The molecule has 0 saturated carbocycles. The smallest absolute Gasteiger partial charge is 0.326 e. The van der Waals surface area contributed by atoms with Crippen LogP contribution in [0.2, 0.25) is 0 Å². The molecule has 2 rings (SSSR count). The third kappa shape index (κ3) is 2.94. The van der Waals surface area contributed by atoms with Crippen LogP contribution in [0.15, 0.2) is 11.0 Å². The van der Waals surface area contributed by atoms with E-state index in [0.29, 0.717) is 0 Å². The summed E-state index contributed by atoms with van der Waals surface area (Å²) in [4.78, 5) is 48.0. The fraction of sp³-hybridized carbons (Fsp3) is 0.273. The number of nitrogen functional groups attached to an aromatic ring is 1. The molecule has 21 heavy (non-hydrogen) atoms. The predicted molar refractivity (Wildman–Crippen MR) is 71.5 cm³/mol. The summed E-state index contributed by atoms with van der Waals surface area (Å²) in [6.45, 7) is 1.62. The first-order valence-corrected chi connectivity index (χ1v) is 5.98. The normalized spacial score (nSPS) is 12.0. The number of anilines is 1. The Morgan fingerprint density at radius 1 is 1.48 bits per heavy atom. The van der Waals surface area contributed by atoms with Crippen LogP contribution in [0.1, 0.15) is 23.8 Å². The highest BCUT2D eigenvalue weighted by Crippen LogP contribution is 2.04. The van der Waals surface area contributed by atoms with Gasteiger partial charge in [0, 0.05) is 0 Å². The number of carboxylic acid groups (broad SMARTS) is 1. The minimum atomic E-state index is -1.15. The summed E-state index contributed by atoms with van der Waals surface area (Å²) in [6, 6.07) is -1.03. The number of hydrogen-bond acceptors (Lipinski definition) is 7. The number of nitrogens with two attached hydrogens (primary N) is 1. The van der Waals surface area contributed by atoms with Gasteiger partial charge in [0.1, 0.15) is 11.7 Å². The largest absolute Gasteiger partial charge is 0.480 e. The SMILES string of the molecule is CC[C@@H](NC(=O)c1cnc2c(=O)[nH]c(N)nc2n1)C(=O)O. The molecule has 0 bridgehead atoms. The number of nitrogens with one attached hydrogen (secondary N) is 2. The van der Waals surface area contributed by atoms with E-state index in [-0.39, 0.29) is 29.2 Å². The quantitative estimate of drug-likeness (QED) is 0.550. The van der Waals surface area contributed by atoms with E-state index in [1.807, 2.05) is 0 Å². The summed E-state index contributed by atoms with van der Waals surface area (Å²) >= 11 is 0. The highest BCUT2D eigenvalue weighted by molar-refractivity contribution is 5.95. The molecule has 10 heteroatoms. The van der Waals surface area contributed by atoms with Crippen molar-refractivity contribution in [3.8, 4) is 0 Å². The van der Waals surface area contributed by atoms with Crippen LogP contribution in [0, 0.1) is 0 Å². The van der Waals surface area contributed by atoms with E-state index in [1.165, 1.54) is 0 Å². The summed E-state index contributed by atoms with van der Waals surface area (Å²) in [5.74, 6) is -2.03. The molecule has 2 heterocycles. The molecule has 0 aliphatic heterocycles. The van der Waals surface area contributed by atoms with Gasteiger partial charge in [-0.3, -0.25) is 14.6 Å². The number of aliphatic carboxylic acids is 1. The van der Waals surface area contributed by atoms with Crippen LogP contribution in [0.5, 0.6) is 0 Å². The summed E-state index contributed by atoms with van der Waals surface area (Å²) < 4.78 is 0. The molecule has 0 aliphatic rings. The van der Waals surface area contributed by atoms with Crippen LogP contribution in [0.3, 0.4) is 0 Å². The average molecular weight is 292 g/mol. The Bertz CT molecular complexity index is 771. The summed E-state index contributed by atoms with van der Waals surface area (Å²) in [7, 11) is 0. The Morgan fingerprint density at radius 3 is 2.81 bits per heavy atom. The van der Waals surface area contributed by atoms with Gasteiger partial charge in [-0.25, -0.2) is 14.8 Å². The van der Waals surface area contributed by atoms with Crippen LogP contribution in [0.25, 0.3) is 11.2 Å². The topological polar surface area (TPSA) is 164 Å². The van der Waals surface area contributed by atoms with Gasteiger partial charge in [0.15, 0.2) is 11.2 Å². The Hall–Kier alpha value is -3.04. The lowest BCUT2D eigenvalue weighted by Crippen LogP contribution is -2.40. The summed E-state index contributed by atoms with van der Waals surface area (Å²) in [5, 5.41) is 11.2. The molecule has 10 nitrogen and oxygen atoms in total. The fourth-order valence-corrected chi connectivity index (χ4v) is 1.62. The van der Waals surface area contributed by atoms with E-state index in [2.05, 4.69) is 25.3 Å². The van der Waals surface area contributed by atoms with Gasteiger partial charge in [0.05, 0.1) is 6.20 Å². The maximum atomic E-state index is 11.9. The predicted octanol–water partition coefficient (Wildman–Crippen LogP) is -1.11. The lowest BCUT2D eigenvalue weighted by Gasteiger charge is -2.11. The Labute approximate surface area is 117 Å². The molecule has 1 atom stereocenters. The van der Waals surface area contributed by atoms with Crippen molar-refractivity contribution >= 4 is 29.0 Å². The Morgan fingerprint density at radius 2 is 2.19 bits per heavy atom. The number of amides is 1. The number of nitrogens with zero attached hydrogens (tertiary/aromatic N) is 3. The van der Waals surface area contributed by atoms with Gasteiger partial charge in [-0.1, -0.05) is 6.92 Å². The monoisotopic (exact) mass is 292 g/mol. The molecule has 0 aromatic carbocycles. The molecular formula is C11H12N6O4. The maximum Gasteiger partial charge on any atom is 0.326 e. The number of hydrogen-bond donors (Lipinski definition) is 4. The van der Waals surface area contributed by atoms with Gasteiger partial charge < -0.3 is 16.2 Å². The van der Waals surface area contributed by atoms with E-state index < -0.39 is 23.5 Å². The van der Waals surface area contributed by atoms with E-state index in [9.17, 15) is 14.4 Å². The number of carbonyl (C=O) groups excluding carboxylic acids is 1. The van der Waals surface area contributed by atoms with Gasteiger partial charge in [-0.2, -0.15) is 4.98 Å². The van der Waals surface area contributed by atoms with E-state index in [1.54, 1.807) is 6.92 Å². The zero-order valence-electron chi connectivity index (χ0n) is 11.0. The highest BCUT2D eigenvalue weighted by atomic mass is 16.4. The van der Waals surface area contributed by atoms with Gasteiger partial charge in [0.2, 0.25) is 5.95 Å². The van der Waals surface area contributed by atoms with Crippen LogP contribution in [-0.4, -0.2) is 43.0 Å². The fourth-order valence-electron chi connectivity index (χ4n) is 1.62. The standard InChI is InChI=1S/C11H12N6O4/c1-2-4(10(20)21)15-8(18)5-3-13-6-7(14-5)16-11(12)17-9(6)19/h3-4H,2H2,1H3,(H,15,18)(H,20,21)(H3,12,14,16,17,19)/t4-/m1/s1. The van der Waals surface area contributed by atoms with Crippen LogP contribution in [0.4, 0.5) is 5.95 Å². The molecule has 5 N–H and O–H groups in total. The lowest BCUT2D eigenvalue weighted by atomic mass is 10.2. The molecule has 0 fully saturated rings. The molecule has 0 aliphatic carbocycles. The Balaban J connectivity index is 2.36. The van der Waals surface area contributed by atoms with Crippen molar-refractivity contribution in [2.75, 3.05) is 5.73 Å². The molecule has 2 aromatic rings. The molecular weight excluding hydrogens is 280 g/mol. The third-order valence-corrected chi connectivity index (χ3v) is 2.68. The highest BCUT2D eigenvalue weighted by Gasteiger charge is 2.20. The zero-order valence-corrected chi connectivity index (χ0v) is 11.0. The van der Waals surface area contributed by atoms with Crippen molar-refractivity contribution in [1.82, 2.24) is 25.3 Å². The van der Waals surface area contributed by atoms with Crippen molar-refractivity contribution < 1.29 is 14.7 Å². The number of aromatic nitrogens is 4. The number of H-pyrrole nitrogens is 1. The van der Waals surface area contributed by atoms with Gasteiger partial charge >= 0.3 is 5.97 Å². The van der Waals surface area contributed by atoms with Crippen molar-refractivity contribution in [2.45, 2.75) is 19.4 Å². The van der Waals surface area contributed by atoms with Crippen molar-refractivity contribution in [1.29, 1.82) is 0 Å². The first kappa shape index (κ1) is 14.4. The molecule has 0 spiro atoms. The zero-order chi connectivity index (χ0) is 15.6. The van der Waals surface area contributed by atoms with Crippen LogP contribution < -0.4 is 16.6 Å². The summed E-state index contributed by atoms with van der Waals surface area (Å²) in [5.41, 5.74) is 4.50. The van der Waals surface area contributed by atoms with Crippen molar-refractivity contribution in [3.05, 3.63) is 22.2 Å². The maximum absolute atomic E-state index is 11.9. The average Bonchev–Trinajstić information content (AvgIpc) is 2.43. The first-order chi connectivity index (χ1) is 9.92. The number of carbonyl (C=O) groups is 2. The second kappa shape index (κ2) is 5.53. The second-order valence-electron chi connectivity index (χ2n) is 4.15. The van der Waals surface area contributed by atoms with Crippen LogP contribution >= 0.6 is 0 Å².